The van der Waals surface area contributed by atoms with E-state index in [4.69, 9.17) is 9.84 Å². The van der Waals surface area contributed by atoms with E-state index in [0.29, 0.717) is 18.8 Å². The molecule has 0 aromatic heterocycles. The predicted octanol–water partition coefficient (Wildman–Crippen LogP) is 1.54. The van der Waals surface area contributed by atoms with Gasteiger partial charge in [-0.15, -0.1) is 0 Å². The SMILES string of the molecule is CCS(=O)(=O)CCCOc1ccc(C#CCO)c(C)c1. The molecule has 0 amide bonds. The van der Waals surface area contributed by atoms with Gasteiger partial charge in [-0.2, -0.15) is 0 Å². The molecule has 5 heteroatoms. The molecule has 0 aliphatic heterocycles. The van der Waals surface area contributed by atoms with E-state index in [0.717, 1.165) is 11.1 Å². The largest absolute Gasteiger partial charge is 0.494 e. The molecule has 0 atom stereocenters. The van der Waals surface area contributed by atoms with Gasteiger partial charge in [-0.25, -0.2) is 8.42 Å². The second kappa shape index (κ2) is 7.93. The Kier molecular flexibility index (Phi) is 6.56. The maximum absolute atomic E-state index is 11.3. The normalized spacial score (nSPS) is 10.8. The third-order valence-electron chi connectivity index (χ3n) is 2.81. The van der Waals surface area contributed by atoms with Crippen molar-refractivity contribution in [3.8, 4) is 17.6 Å². The van der Waals surface area contributed by atoms with Crippen LogP contribution in [0.15, 0.2) is 18.2 Å². The van der Waals surface area contributed by atoms with Crippen molar-refractivity contribution < 1.29 is 18.3 Å². The van der Waals surface area contributed by atoms with E-state index in [1.807, 2.05) is 19.1 Å². The van der Waals surface area contributed by atoms with E-state index in [-0.39, 0.29) is 18.1 Å². The van der Waals surface area contributed by atoms with Crippen LogP contribution in [0.2, 0.25) is 0 Å². The second-order valence-corrected chi connectivity index (χ2v) is 6.85. The quantitative estimate of drug-likeness (QED) is 0.639. The summed E-state index contributed by atoms with van der Waals surface area (Å²) >= 11 is 0. The molecule has 0 saturated carbocycles. The van der Waals surface area contributed by atoms with Crippen LogP contribution < -0.4 is 4.74 Å². The second-order valence-electron chi connectivity index (χ2n) is 4.38. The van der Waals surface area contributed by atoms with Gasteiger partial charge in [0.05, 0.1) is 12.4 Å². The number of hydrogen-bond donors (Lipinski definition) is 1. The highest BCUT2D eigenvalue weighted by Gasteiger charge is 2.06. The minimum atomic E-state index is -2.92. The average molecular weight is 296 g/mol. The first-order chi connectivity index (χ1) is 9.48. The van der Waals surface area contributed by atoms with Crippen LogP contribution in [0.1, 0.15) is 24.5 Å². The van der Waals surface area contributed by atoms with Crippen molar-refractivity contribution >= 4 is 9.84 Å². The molecule has 0 unspecified atom stereocenters. The summed E-state index contributed by atoms with van der Waals surface area (Å²) in [6.07, 6.45) is 0.487. The van der Waals surface area contributed by atoms with Gasteiger partial charge in [-0.05, 0) is 37.1 Å². The van der Waals surface area contributed by atoms with Crippen LogP contribution in [-0.4, -0.2) is 38.2 Å². The van der Waals surface area contributed by atoms with Gasteiger partial charge in [0.25, 0.3) is 0 Å². The molecule has 1 aromatic rings. The van der Waals surface area contributed by atoms with Gasteiger partial charge in [0.1, 0.15) is 22.2 Å². The van der Waals surface area contributed by atoms with Gasteiger partial charge in [-0.3, -0.25) is 0 Å². The van der Waals surface area contributed by atoms with Gasteiger partial charge in [0.2, 0.25) is 0 Å². The standard InChI is InChI=1S/C15H20O4S/c1-3-20(17,18)11-5-10-19-15-8-7-14(6-4-9-16)13(2)12-15/h7-8,12,16H,3,5,9-11H2,1-2H3. The smallest absolute Gasteiger partial charge is 0.150 e. The average Bonchev–Trinajstić information content (AvgIpc) is 2.43. The number of aliphatic hydroxyl groups is 1. The first kappa shape index (κ1) is 16.5. The van der Waals surface area contributed by atoms with Crippen LogP contribution in [-0.2, 0) is 9.84 Å². The van der Waals surface area contributed by atoms with E-state index in [1.165, 1.54) is 0 Å². The Morgan fingerprint density at radius 2 is 2.10 bits per heavy atom. The van der Waals surface area contributed by atoms with E-state index in [1.54, 1.807) is 13.0 Å². The molecule has 0 saturated heterocycles. The van der Waals surface area contributed by atoms with Crippen molar-refractivity contribution in [1.29, 1.82) is 0 Å². The molecule has 110 valence electrons. The molecule has 4 nitrogen and oxygen atoms in total. The summed E-state index contributed by atoms with van der Waals surface area (Å²) in [5.41, 5.74) is 1.81. The molecule has 0 aliphatic rings. The minimum absolute atomic E-state index is 0.155. The maximum Gasteiger partial charge on any atom is 0.150 e. The molecule has 1 rings (SSSR count). The van der Waals surface area contributed by atoms with E-state index in [2.05, 4.69) is 11.8 Å². The first-order valence-electron chi connectivity index (χ1n) is 6.52. The molecule has 20 heavy (non-hydrogen) atoms. The number of rotatable bonds is 6. The van der Waals surface area contributed by atoms with Gasteiger partial charge >= 0.3 is 0 Å². The van der Waals surface area contributed by atoms with Crippen molar-refractivity contribution in [2.24, 2.45) is 0 Å². The molecule has 1 aromatic carbocycles. The van der Waals surface area contributed by atoms with Crippen LogP contribution in [0.4, 0.5) is 0 Å². The molecular formula is C15H20O4S. The van der Waals surface area contributed by atoms with Gasteiger partial charge in [0, 0.05) is 11.3 Å². The zero-order valence-corrected chi connectivity index (χ0v) is 12.7. The first-order valence-corrected chi connectivity index (χ1v) is 8.34. The third kappa shape index (κ3) is 5.64. The van der Waals surface area contributed by atoms with Gasteiger partial charge in [0.15, 0.2) is 0 Å². The fraction of sp³-hybridized carbons (Fsp3) is 0.467. The Hall–Kier alpha value is -1.51. The molecular weight excluding hydrogens is 276 g/mol. The highest BCUT2D eigenvalue weighted by molar-refractivity contribution is 7.91. The summed E-state index contributed by atoms with van der Waals surface area (Å²) in [6.45, 7) is 3.77. The third-order valence-corrected chi connectivity index (χ3v) is 4.60. The summed E-state index contributed by atoms with van der Waals surface area (Å²) in [6, 6.07) is 5.48. The molecule has 0 aliphatic carbocycles. The predicted molar refractivity (Wildman–Crippen MR) is 79.6 cm³/mol. The Morgan fingerprint density at radius 1 is 1.35 bits per heavy atom. The lowest BCUT2D eigenvalue weighted by Crippen LogP contribution is -2.11. The van der Waals surface area contributed by atoms with Crippen LogP contribution in [0.5, 0.6) is 5.75 Å². The van der Waals surface area contributed by atoms with Crippen LogP contribution in [0.3, 0.4) is 0 Å². The fourth-order valence-corrected chi connectivity index (χ4v) is 2.46. The summed E-state index contributed by atoms with van der Waals surface area (Å²) in [5, 5.41) is 8.65. The Balaban J connectivity index is 2.52. The summed E-state index contributed by atoms with van der Waals surface area (Å²) in [5.74, 6) is 6.47. The van der Waals surface area contributed by atoms with Crippen molar-refractivity contribution in [1.82, 2.24) is 0 Å². The van der Waals surface area contributed by atoms with Gasteiger partial charge in [-0.1, -0.05) is 18.8 Å². The van der Waals surface area contributed by atoms with Crippen molar-refractivity contribution in [3.05, 3.63) is 29.3 Å². The lowest BCUT2D eigenvalue weighted by Gasteiger charge is -2.08. The molecule has 0 heterocycles. The maximum atomic E-state index is 11.3. The molecule has 0 fully saturated rings. The zero-order chi connectivity index (χ0) is 15.0. The van der Waals surface area contributed by atoms with Crippen molar-refractivity contribution in [2.75, 3.05) is 24.7 Å². The number of aliphatic hydroxyl groups excluding tert-OH is 1. The summed E-state index contributed by atoms with van der Waals surface area (Å²) in [4.78, 5) is 0. The number of hydrogen-bond acceptors (Lipinski definition) is 4. The Bertz CT molecular complexity index is 594. The van der Waals surface area contributed by atoms with Crippen LogP contribution >= 0.6 is 0 Å². The van der Waals surface area contributed by atoms with Crippen molar-refractivity contribution in [3.63, 3.8) is 0 Å². The van der Waals surface area contributed by atoms with E-state index >= 15 is 0 Å². The fourth-order valence-electron chi connectivity index (χ4n) is 1.61. The number of aryl methyl sites for hydroxylation is 1. The monoisotopic (exact) mass is 296 g/mol. The molecule has 0 radical (unpaired) electrons. The van der Waals surface area contributed by atoms with Crippen molar-refractivity contribution in [2.45, 2.75) is 20.3 Å². The Labute approximate surface area is 120 Å². The number of sulfone groups is 1. The minimum Gasteiger partial charge on any atom is -0.494 e. The van der Waals surface area contributed by atoms with Crippen LogP contribution in [0, 0.1) is 18.8 Å². The topological polar surface area (TPSA) is 63.6 Å². The highest BCUT2D eigenvalue weighted by atomic mass is 32.2. The Morgan fingerprint density at radius 3 is 2.70 bits per heavy atom. The lowest BCUT2D eigenvalue weighted by atomic mass is 10.1. The number of ether oxygens (including phenoxy) is 1. The van der Waals surface area contributed by atoms with Gasteiger partial charge < -0.3 is 9.84 Å². The summed E-state index contributed by atoms with van der Waals surface area (Å²) < 4.78 is 28.2. The van der Waals surface area contributed by atoms with E-state index in [9.17, 15) is 8.42 Å². The zero-order valence-electron chi connectivity index (χ0n) is 11.8. The highest BCUT2D eigenvalue weighted by Crippen LogP contribution is 2.16. The molecule has 0 spiro atoms. The summed E-state index contributed by atoms with van der Waals surface area (Å²) in [7, 11) is -2.92. The molecule has 0 bridgehead atoms. The number of benzene rings is 1. The molecule has 1 N–H and O–H groups in total. The van der Waals surface area contributed by atoms with Crippen LogP contribution in [0.25, 0.3) is 0 Å². The lowest BCUT2D eigenvalue weighted by molar-refractivity contribution is 0.317. The van der Waals surface area contributed by atoms with E-state index < -0.39 is 9.84 Å².